The van der Waals surface area contributed by atoms with Crippen molar-refractivity contribution < 1.29 is 4.74 Å². The zero-order valence-electron chi connectivity index (χ0n) is 9.22. The Hall–Kier alpha value is -1.53. The molecule has 0 amide bonds. The minimum atomic E-state index is 0.449. The maximum atomic E-state index is 5.51. The number of hydrogen-bond acceptors (Lipinski definition) is 5. The van der Waals surface area contributed by atoms with E-state index < -0.39 is 0 Å². The highest BCUT2D eigenvalue weighted by molar-refractivity contribution is 9.10. The highest BCUT2D eigenvalue weighted by Crippen LogP contribution is 2.20. The normalized spacial score (nSPS) is 10.2. The van der Waals surface area contributed by atoms with Gasteiger partial charge >= 0.3 is 0 Å². The summed E-state index contributed by atoms with van der Waals surface area (Å²) in [7, 11) is 1.86. The van der Waals surface area contributed by atoms with Gasteiger partial charge in [0.15, 0.2) is 0 Å². The van der Waals surface area contributed by atoms with Crippen LogP contribution in [0.3, 0.4) is 0 Å². The Kier molecular flexibility index (Phi) is 4.00. The second-order valence-corrected chi connectivity index (χ2v) is 4.25. The third-order valence-corrected chi connectivity index (χ3v) is 2.39. The van der Waals surface area contributed by atoms with Gasteiger partial charge in [-0.05, 0) is 35.1 Å². The van der Waals surface area contributed by atoms with E-state index in [-0.39, 0.29) is 0 Å². The molecule has 0 radical (unpaired) electrons. The molecule has 88 valence electrons. The Morgan fingerprint density at radius 3 is 2.82 bits per heavy atom. The number of aromatic nitrogens is 3. The van der Waals surface area contributed by atoms with E-state index in [9.17, 15) is 0 Å². The van der Waals surface area contributed by atoms with Gasteiger partial charge in [-0.15, -0.1) is 5.10 Å². The molecule has 2 aromatic heterocycles. The molecule has 1 N–H and O–H groups in total. The Bertz CT molecular complexity index is 489. The van der Waals surface area contributed by atoms with Crippen molar-refractivity contribution in [3.63, 3.8) is 0 Å². The number of pyridine rings is 1. The molecule has 0 unspecified atom stereocenters. The van der Waals surface area contributed by atoms with Crippen LogP contribution in [-0.4, -0.2) is 22.2 Å². The van der Waals surface area contributed by atoms with E-state index in [4.69, 9.17) is 4.74 Å². The highest BCUT2D eigenvalue weighted by atomic mass is 79.9. The van der Waals surface area contributed by atoms with Gasteiger partial charge in [0.05, 0.1) is 11.9 Å². The van der Waals surface area contributed by atoms with Gasteiger partial charge in [-0.3, -0.25) is 4.98 Å². The molecule has 0 atom stereocenters. The maximum absolute atomic E-state index is 5.51. The summed E-state index contributed by atoms with van der Waals surface area (Å²) in [6, 6.07) is 5.46. The van der Waals surface area contributed by atoms with Gasteiger partial charge in [0.2, 0.25) is 5.88 Å². The lowest BCUT2D eigenvalue weighted by Crippen LogP contribution is -2.07. The molecule has 17 heavy (non-hydrogen) atoms. The van der Waals surface area contributed by atoms with Crippen LogP contribution in [0.15, 0.2) is 35.1 Å². The molecular formula is C11H11BrN4O. The molecule has 5 nitrogen and oxygen atoms in total. The molecule has 0 aliphatic heterocycles. The molecule has 0 saturated carbocycles. The number of hydrogen-bond donors (Lipinski definition) is 1. The van der Waals surface area contributed by atoms with Gasteiger partial charge in [-0.1, -0.05) is 0 Å². The van der Waals surface area contributed by atoms with Crippen LogP contribution >= 0.6 is 15.9 Å². The SMILES string of the molecule is CNCc1ccc(Oc2cncc(Br)c2)nn1. The third kappa shape index (κ3) is 3.47. The lowest BCUT2D eigenvalue weighted by atomic mass is 10.4. The summed E-state index contributed by atoms with van der Waals surface area (Å²) < 4.78 is 6.36. The van der Waals surface area contributed by atoms with Crippen molar-refractivity contribution in [2.45, 2.75) is 6.54 Å². The van der Waals surface area contributed by atoms with Gasteiger partial charge in [0, 0.05) is 23.3 Å². The molecule has 0 aliphatic carbocycles. The van der Waals surface area contributed by atoms with Crippen LogP contribution in [-0.2, 0) is 6.54 Å². The standard InChI is InChI=1S/C11H11BrN4O/c1-13-6-9-2-3-11(16-15-9)17-10-4-8(12)5-14-7-10/h2-5,7,13H,6H2,1H3. The second kappa shape index (κ2) is 5.70. The summed E-state index contributed by atoms with van der Waals surface area (Å²) in [4.78, 5) is 4.00. The fraction of sp³-hybridized carbons (Fsp3) is 0.182. The molecule has 0 saturated heterocycles. The first kappa shape index (κ1) is 11.9. The molecule has 6 heteroatoms. The average molecular weight is 295 g/mol. The quantitative estimate of drug-likeness (QED) is 0.936. The van der Waals surface area contributed by atoms with Gasteiger partial charge < -0.3 is 10.1 Å². The van der Waals surface area contributed by atoms with Crippen molar-refractivity contribution >= 4 is 15.9 Å². The number of nitrogens with one attached hydrogen (secondary N) is 1. The molecular weight excluding hydrogens is 284 g/mol. The van der Waals surface area contributed by atoms with Crippen molar-refractivity contribution in [2.75, 3.05) is 7.05 Å². The molecule has 0 fully saturated rings. The van der Waals surface area contributed by atoms with Crippen molar-refractivity contribution in [1.82, 2.24) is 20.5 Å². The van der Waals surface area contributed by atoms with E-state index in [2.05, 4.69) is 36.4 Å². The van der Waals surface area contributed by atoms with Crippen LogP contribution in [0.1, 0.15) is 5.69 Å². The number of ether oxygens (including phenoxy) is 1. The Labute approximate surface area is 107 Å². The van der Waals surface area contributed by atoms with Gasteiger partial charge in [0.25, 0.3) is 0 Å². The molecule has 0 aromatic carbocycles. The zero-order chi connectivity index (χ0) is 12.1. The minimum Gasteiger partial charge on any atom is -0.436 e. The van der Waals surface area contributed by atoms with Crippen molar-refractivity contribution in [3.8, 4) is 11.6 Å². The topological polar surface area (TPSA) is 59.9 Å². The predicted octanol–water partition coefficient (Wildman–Crippen LogP) is 2.15. The second-order valence-electron chi connectivity index (χ2n) is 3.33. The fourth-order valence-corrected chi connectivity index (χ4v) is 1.59. The molecule has 2 heterocycles. The Morgan fingerprint density at radius 2 is 2.18 bits per heavy atom. The largest absolute Gasteiger partial charge is 0.436 e. The zero-order valence-corrected chi connectivity index (χ0v) is 10.8. The van der Waals surface area contributed by atoms with E-state index >= 15 is 0 Å². The van der Waals surface area contributed by atoms with Crippen LogP contribution in [0.5, 0.6) is 11.6 Å². The smallest absolute Gasteiger partial charge is 0.238 e. The van der Waals surface area contributed by atoms with E-state index in [1.165, 1.54) is 0 Å². The maximum Gasteiger partial charge on any atom is 0.238 e. The number of nitrogens with zero attached hydrogens (tertiary/aromatic N) is 3. The lowest BCUT2D eigenvalue weighted by Gasteiger charge is -2.04. The van der Waals surface area contributed by atoms with Crippen LogP contribution in [0.25, 0.3) is 0 Å². The first-order chi connectivity index (χ1) is 8.28. The van der Waals surface area contributed by atoms with Crippen molar-refractivity contribution in [1.29, 1.82) is 0 Å². The van der Waals surface area contributed by atoms with E-state index in [0.717, 1.165) is 10.2 Å². The van der Waals surface area contributed by atoms with Crippen LogP contribution < -0.4 is 10.1 Å². The lowest BCUT2D eigenvalue weighted by molar-refractivity contribution is 0.451. The summed E-state index contributed by atoms with van der Waals surface area (Å²) in [6.45, 7) is 0.686. The highest BCUT2D eigenvalue weighted by Gasteiger charge is 2.01. The van der Waals surface area contributed by atoms with Crippen molar-refractivity contribution in [3.05, 3.63) is 40.8 Å². The van der Waals surface area contributed by atoms with Crippen LogP contribution in [0.2, 0.25) is 0 Å². The first-order valence-electron chi connectivity index (χ1n) is 5.03. The van der Waals surface area contributed by atoms with Crippen LogP contribution in [0.4, 0.5) is 0 Å². The number of rotatable bonds is 4. The molecule has 0 aliphatic rings. The summed E-state index contributed by atoms with van der Waals surface area (Å²) in [5.41, 5.74) is 0.868. The first-order valence-corrected chi connectivity index (χ1v) is 5.83. The third-order valence-electron chi connectivity index (χ3n) is 1.96. The van der Waals surface area contributed by atoms with Gasteiger partial charge in [-0.25, -0.2) is 0 Å². The summed E-state index contributed by atoms with van der Waals surface area (Å²) in [5, 5.41) is 11.0. The van der Waals surface area contributed by atoms with E-state index in [1.54, 1.807) is 18.5 Å². The average Bonchev–Trinajstić information content (AvgIpc) is 2.32. The van der Waals surface area contributed by atoms with Crippen LogP contribution in [0, 0.1) is 0 Å². The molecule has 2 rings (SSSR count). The Balaban J connectivity index is 2.08. The predicted molar refractivity (Wildman–Crippen MR) is 66.8 cm³/mol. The van der Waals surface area contributed by atoms with Gasteiger partial charge in [0.1, 0.15) is 5.75 Å². The summed E-state index contributed by atoms with van der Waals surface area (Å²) >= 11 is 3.32. The minimum absolute atomic E-state index is 0.449. The molecule has 2 aromatic rings. The molecule has 0 spiro atoms. The fourth-order valence-electron chi connectivity index (χ4n) is 1.25. The Morgan fingerprint density at radius 1 is 1.29 bits per heavy atom. The summed E-state index contributed by atoms with van der Waals surface area (Å²) in [6.07, 6.45) is 3.31. The number of halogens is 1. The molecule has 0 bridgehead atoms. The monoisotopic (exact) mass is 294 g/mol. The summed E-state index contributed by atoms with van der Waals surface area (Å²) in [5.74, 6) is 1.07. The van der Waals surface area contributed by atoms with Gasteiger partial charge in [-0.2, -0.15) is 5.10 Å². The van der Waals surface area contributed by atoms with E-state index in [1.807, 2.05) is 19.2 Å². The van der Waals surface area contributed by atoms with Crippen molar-refractivity contribution in [2.24, 2.45) is 0 Å². The van der Waals surface area contributed by atoms with E-state index in [0.29, 0.717) is 18.2 Å².